The fraction of sp³-hybridized carbons (Fsp3) is 0.455. The molecule has 6 nitrogen and oxygen atoms in total. The molecule has 1 aliphatic rings. The van der Waals surface area contributed by atoms with Crippen LogP contribution in [0.1, 0.15) is 12.1 Å². The Bertz CT molecular complexity index is 577. The lowest BCUT2D eigenvalue weighted by Gasteiger charge is -2.19. The van der Waals surface area contributed by atoms with Gasteiger partial charge < -0.3 is 15.3 Å². The number of hydrogen-bond donors (Lipinski definition) is 2. The van der Waals surface area contributed by atoms with Crippen LogP contribution in [0.2, 0.25) is 0 Å². The third-order valence-electron chi connectivity index (χ3n) is 3.05. The second-order valence-corrected chi connectivity index (χ2v) is 5.09. The van der Waals surface area contributed by atoms with Crippen molar-refractivity contribution in [2.45, 2.75) is 13.0 Å². The van der Waals surface area contributed by atoms with E-state index in [4.69, 9.17) is 0 Å². The molecule has 96 valence electrons. The molecule has 3 rings (SSSR count). The zero-order chi connectivity index (χ0) is 12.5. The summed E-state index contributed by atoms with van der Waals surface area (Å²) >= 11 is 1.52. The van der Waals surface area contributed by atoms with Crippen molar-refractivity contribution in [1.29, 1.82) is 0 Å². The number of amides is 1. The van der Waals surface area contributed by atoms with E-state index in [9.17, 15) is 9.90 Å². The highest BCUT2D eigenvalue weighted by Gasteiger charge is 2.22. The minimum atomic E-state index is -0.0780. The summed E-state index contributed by atoms with van der Waals surface area (Å²) in [6.07, 6.45) is 2.78. The van der Waals surface area contributed by atoms with Gasteiger partial charge in [0.15, 0.2) is 10.8 Å². The number of nitrogens with one attached hydrogen (secondary N) is 1. The predicted molar refractivity (Wildman–Crippen MR) is 68.8 cm³/mol. The van der Waals surface area contributed by atoms with Crippen molar-refractivity contribution in [2.24, 2.45) is 0 Å². The lowest BCUT2D eigenvalue weighted by atomic mass is 10.3. The van der Waals surface area contributed by atoms with Crippen molar-refractivity contribution in [2.75, 3.05) is 24.5 Å². The van der Waals surface area contributed by atoms with Crippen molar-refractivity contribution < 1.29 is 9.90 Å². The van der Waals surface area contributed by atoms with Crippen molar-refractivity contribution in [3.63, 3.8) is 0 Å². The number of thiazole rings is 1. The molecule has 3 heterocycles. The Morgan fingerprint density at radius 3 is 3.28 bits per heavy atom. The number of aliphatic hydroxyl groups is 1. The summed E-state index contributed by atoms with van der Waals surface area (Å²) in [5, 5.41) is 14.3. The predicted octanol–water partition coefficient (Wildman–Crippen LogP) is 0.214. The van der Waals surface area contributed by atoms with Crippen LogP contribution in [0.15, 0.2) is 11.6 Å². The average molecular weight is 266 g/mol. The van der Waals surface area contributed by atoms with Gasteiger partial charge in [-0.15, -0.1) is 11.3 Å². The Hall–Kier alpha value is -1.60. The van der Waals surface area contributed by atoms with E-state index in [1.807, 2.05) is 20.9 Å². The molecule has 1 fully saturated rings. The standard InChI is InChI=1S/C11H14N4O2S/c16-7-8-10(13-11-15(8)4-5-18-11)14-3-1-2-12-9(17)6-14/h4-5,16H,1-3,6-7H2,(H,12,17). The van der Waals surface area contributed by atoms with Crippen LogP contribution in [0.3, 0.4) is 0 Å². The van der Waals surface area contributed by atoms with Crippen LogP contribution in [0.5, 0.6) is 0 Å². The van der Waals surface area contributed by atoms with Crippen molar-refractivity contribution >= 4 is 28.0 Å². The van der Waals surface area contributed by atoms with Crippen molar-refractivity contribution in [3.8, 4) is 0 Å². The van der Waals surface area contributed by atoms with Crippen LogP contribution in [0, 0.1) is 0 Å². The Balaban J connectivity index is 2.01. The van der Waals surface area contributed by atoms with Gasteiger partial charge in [0.25, 0.3) is 0 Å². The smallest absolute Gasteiger partial charge is 0.239 e. The summed E-state index contributed by atoms with van der Waals surface area (Å²) in [5.41, 5.74) is 0.751. The average Bonchev–Trinajstić information content (AvgIpc) is 2.86. The van der Waals surface area contributed by atoms with E-state index in [2.05, 4.69) is 10.3 Å². The number of anilines is 1. The van der Waals surface area contributed by atoms with E-state index in [0.717, 1.165) is 29.4 Å². The first-order valence-corrected chi connectivity index (χ1v) is 6.74. The molecule has 0 bridgehead atoms. The maximum absolute atomic E-state index is 11.6. The highest BCUT2D eigenvalue weighted by atomic mass is 32.1. The van der Waals surface area contributed by atoms with Gasteiger partial charge in [-0.05, 0) is 6.42 Å². The topological polar surface area (TPSA) is 69.9 Å². The van der Waals surface area contributed by atoms with Gasteiger partial charge in [0.05, 0.1) is 18.8 Å². The van der Waals surface area contributed by atoms with Crippen LogP contribution in [-0.4, -0.2) is 40.0 Å². The van der Waals surface area contributed by atoms with E-state index in [1.165, 1.54) is 11.3 Å². The molecule has 0 saturated carbocycles. The Morgan fingerprint density at radius 2 is 2.44 bits per heavy atom. The molecule has 0 aromatic carbocycles. The summed E-state index contributed by atoms with van der Waals surface area (Å²) in [4.78, 5) is 18.9. The Kier molecular flexibility index (Phi) is 2.92. The van der Waals surface area contributed by atoms with E-state index in [1.54, 1.807) is 0 Å². The number of hydrogen-bond acceptors (Lipinski definition) is 5. The van der Waals surface area contributed by atoms with Gasteiger partial charge in [-0.3, -0.25) is 9.20 Å². The molecule has 7 heteroatoms. The Labute approximate surface area is 108 Å². The number of imidazole rings is 1. The highest BCUT2D eigenvalue weighted by Crippen LogP contribution is 2.25. The third-order valence-corrected chi connectivity index (χ3v) is 3.81. The summed E-state index contributed by atoms with van der Waals surface area (Å²) < 4.78 is 1.88. The van der Waals surface area contributed by atoms with Gasteiger partial charge in [-0.2, -0.15) is 0 Å². The number of nitrogens with zero attached hydrogens (tertiary/aromatic N) is 3. The Morgan fingerprint density at radius 1 is 1.56 bits per heavy atom. The number of aliphatic hydroxyl groups excluding tert-OH is 1. The quantitative estimate of drug-likeness (QED) is 0.815. The van der Waals surface area contributed by atoms with Gasteiger partial charge in [0.1, 0.15) is 0 Å². The molecule has 0 atom stereocenters. The van der Waals surface area contributed by atoms with Crippen LogP contribution in [0.4, 0.5) is 5.82 Å². The molecular weight excluding hydrogens is 252 g/mol. The van der Waals surface area contributed by atoms with Gasteiger partial charge in [-0.1, -0.05) is 0 Å². The van der Waals surface area contributed by atoms with E-state index >= 15 is 0 Å². The van der Waals surface area contributed by atoms with Gasteiger partial charge in [0, 0.05) is 24.7 Å². The first kappa shape index (κ1) is 11.5. The second-order valence-electron chi connectivity index (χ2n) is 4.22. The van der Waals surface area contributed by atoms with Crippen molar-refractivity contribution in [3.05, 3.63) is 17.3 Å². The zero-order valence-electron chi connectivity index (χ0n) is 9.80. The maximum atomic E-state index is 11.6. The second kappa shape index (κ2) is 4.58. The number of rotatable bonds is 2. The number of fused-ring (bicyclic) bond motifs is 1. The van der Waals surface area contributed by atoms with Crippen LogP contribution < -0.4 is 10.2 Å². The van der Waals surface area contributed by atoms with Gasteiger partial charge in [-0.25, -0.2) is 4.98 Å². The minimum absolute atomic E-state index is 0.00717. The molecule has 2 aromatic rings. The summed E-state index contributed by atoms with van der Waals surface area (Å²) in [6, 6.07) is 0. The molecule has 18 heavy (non-hydrogen) atoms. The van der Waals surface area contributed by atoms with E-state index in [0.29, 0.717) is 13.1 Å². The summed E-state index contributed by atoms with van der Waals surface area (Å²) in [5.74, 6) is 0.731. The third kappa shape index (κ3) is 1.85. The van der Waals surface area contributed by atoms with E-state index in [-0.39, 0.29) is 12.5 Å². The monoisotopic (exact) mass is 266 g/mol. The molecule has 0 aliphatic carbocycles. The largest absolute Gasteiger partial charge is 0.390 e. The maximum Gasteiger partial charge on any atom is 0.239 e. The fourth-order valence-electron chi connectivity index (χ4n) is 2.21. The molecular formula is C11H14N4O2S. The molecule has 1 saturated heterocycles. The molecule has 0 unspecified atom stereocenters. The SMILES string of the molecule is O=C1CN(c2nc3sccn3c2CO)CCCN1. The highest BCUT2D eigenvalue weighted by molar-refractivity contribution is 7.15. The lowest BCUT2D eigenvalue weighted by molar-refractivity contribution is -0.119. The first-order valence-electron chi connectivity index (χ1n) is 5.86. The molecule has 2 N–H and O–H groups in total. The minimum Gasteiger partial charge on any atom is -0.390 e. The molecule has 2 aromatic heterocycles. The van der Waals surface area contributed by atoms with Crippen LogP contribution in [0.25, 0.3) is 4.96 Å². The van der Waals surface area contributed by atoms with Crippen molar-refractivity contribution in [1.82, 2.24) is 14.7 Å². The van der Waals surface area contributed by atoms with Crippen LogP contribution in [-0.2, 0) is 11.4 Å². The molecule has 1 aliphatic heterocycles. The molecule has 1 amide bonds. The first-order chi connectivity index (χ1) is 8.79. The summed E-state index contributed by atoms with van der Waals surface area (Å²) in [6.45, 7) is 1.70. The summed E-state index contributed by atoms with van der Waals surface area (Å²) in [7, 11) is 0. The van der Waals surface area contributed by atoms with E-state index < -0.39 is 0 Å². The van der Waals surface area contributed by atoms with Crippen LogP contribution >= 0.6 is 11.3 Å². The number of carbonyl (C=O) groups is 1. The number of aromatic nitrogens is 2. The fourth-order valence-corrected chi connectivity index (χ4v) is 2.94. The van der Waals surface area contributed by atoms with Gasteiger partial charge >= 0.3 is 0 Å². The lowest BCUT2D eigenvalue weighted by Crippen LogP contribution is -2.33. The zero-order valence-corrected chi connectivity index (χ0v) is 10.6. The normalized spacial score (nSPS) is 16.9. The molecule has 0 spiro atoms. The number of carbonyl (C=O) groups excluding carboxylic acids is 1. The van der Waals surface area contributed by atoms with Gasteiger partial charge in [0.2, 0.25) is 5.91 Å². The molecule has 0 radical (unpaired) electrons.